The van der Waals surface area contributed by atoms with E-state index < -0.39 is 89.5 Å². The van der Waals surface area contributed by atoms with Crippen molar-refractivity contribution in [3.05, 3.63) is 391 Å². The zero-order valence-electron chi connectivity index (χ0n) is 75.8. The molecule has 0 unspecified atom stereocenters. The number of hydrogen-bond acceptors (Lipinski definition) is 4. The van der Waals surface area contributed by atoms with Gasteiger partial charge in [0.15, 0.2) is 0 Å². The Balaban J connectivity index is 0.000000432. The monoisotopic (exact) mass is 2010 g/mol. The first kappa shape index (κ1) is 110. The average molecular weight is 2010 g/mol. The number of halogens is 10. The largest absolute Gasteiger partial charge is 1.00 e. The number of allylic oxidation sites excluding steroid dienone is 4. The van der Waals surface area contributed by atoms with Crippen molar-refractivity contribution in [2.24, 2.45) is 9.98 Å². The number of para-hydroxylation sites is 4. The minimum Gasteiger partial charge on any atom is -0.278 e. The van der Waals surface area contributed by atoms with Crippen molar-refractivity contribution >= 4 is 65.5 Å². The van der Waals surface area contributed by atoms with Gasteiger partial charge < -0.3 is 0 Å². The third-order valence-electron chi connectivity index (χ3n) is 19.0. The Morgan fingerprint density at radius 3 is 0.680 bits per heavy atom. The number of hydrogen-bond donors (Lipinski definition) is 0. The van der Waals surface area contributed by atoms with Crippen molar-refractivity contribution in [1.82, 2.24) is 0 Å². The fourth-order valence-electron chi connectivity index (χ4n) is 12.6. The Hall–Kier alpha value is -9.17. The Bertz CT molecular complexity index is 4900. The zero-order chi connectivity index (χ0) is 91.3. The van der Waals surface area contributed by atoms with Crippen molar-refractivity contribution in [2.75, 3.05) is 7.71 Å². The van der Waals surface area contributed by atoms with Crippen LogP contribution in [0.5, 0.6) is 0 Å². The summed E-state index contributed by atoms with van der Waals surface area (Å²) in [6, 6.07) is 80.3. The van der Waals surface area contributed by atoms with Gasteiger partial charge in [-0.25, -0.2) is 26.3 Å². The van der Waals surface area contributed by atoms with Gasteiger partial charge in [-0.05, 0) is 20.8 Å². The molecule has 0 amide bonds. The predicted molar refractivity (Wildman–Crippen MR) is 498 cm³/mol. The molecule has 11 aromatic rings. The van der Waals surface area contributed by atoms with E-state index in [4.69, 9.17) is 9.98 Å². The summed E-state index contributed by atoms with van der Waals surface area (Å²) < 4.78 is 132. The molecule has 4 radical (unpaired) electrons. The van der Waals surface area contributed by atoms with Crippen LogP contribution in [0.4, 0.5) is 66.7 Å². The van der Waals surface area contributed by atoms with Crippen molar-refractivity contribution in [1.29, 1.82) is 0 Å². The van der Waals surface area contributed by atoms with Crippen molar-refractivity contribution in [3.63, 3.8) is 0 Å². The van der Waals surface area contributed by atoms with Crippen molar-refractivity contribution in [2.45, 2.75) is 207 Å². The smallest absolute Gasteiger partial charge is 0.278 e. The molecule has 0 heterocycles. The van der Waals surface area contributed by atoms with Crippen LogP contribution < -0.4 is 7.71 Å². The average Bonchev–Trinajstić information content (AvgIpc) is 0.790. The molecule has 0 saturated carbocycles. The van der Waals surface area contributed by atoms with E-state index in [9.17, 15) is 43.9 Å². The van der Waals surface area contributed by atoms with E-state index in [1.807, 2.05) is 66.7 Å². The molecule has 125 heavy (non-hydrogen) atoms. The number of aliphatic imine (C=N–C) groups is 2. The number of rotatable bonds is 18. The minimum absolute atomic E-state index is 0. The molecule has 11 aromatic carbocycles. The molecule has 0 aliphatic rings. The maximum absolute atomic E-state index is 12.0. The van der Waals surface area contributed by atoms with E-state index in [2.05, 4.69) is 358 Å². The van der Waals surface area contributed by atoms with Crippen molar-refractivity contribution in [3.8, 4) is 21.3 Å². The topological polar surface area (TPSA) is 31.2 Å². The summed E-state index contributed by atoms with van der Waals surface area (Å²) in [7, 11) is 0. The summed E-state index contributed by atoms with van der Waals surface area (Å²) in [6.45, 7) is 51.3. The molecule has 4 nitrogen and oxygen atoms in total. The summed E-state index contributed by atoms with van der Waals surface area (Å²) in [5, 5.41) is 0. The van der Waals surface area contributed by atoms with Crippen LogP contribution in [0.2, 0.25) is 0 Å². The molecule has 664 valence electrons. The first-order valence-electron chi connectivity index (χ1n) is 41.4. The van der Waals surface area contributed by atoms with Crippen molar-refractivity contribution < 1.29 is 88.7 Å². The maximum atomic E-state index is 12.0. The van der Waals surface area contributed by atoms with E-state index >= 15 is 0 Å². The van der Waals surface area contributed by atoms with Crippen LogP contribution in [0.3, 0.4) is 0 Å². The van der Waals surface area contributed by atoms with Crippen LogP contribution >= 0.6 is 0 Å². The van der Waals surface area contributed by atoms with Gasteiger partial charge in [0.1, 0.15) is 0 Å². The number of anilines is 2. The van der Waals surface area contributed by atoms with Gasteiger partial charge >= 0.3 is 548 Å². The maximum Gasteiger partial charge on any atom is 1.00 e. The standard InChI is InChI=1S/2C37H46GeN2.3C7H8.2C6F5.2Ag/c2*1-25(2)32-18-14-19-33(26(3)4)36(32)39-29(9)24-30(10)40(38-23-22-31-16-12-11-13-17-31)37-34(27(5)6)20-15-21-35(37)28(7)8;3*1-7-5-3-2-4-6-7;2*7-2-1-3(8)5(10)6(11)4(2)9;;/h2*11-21,24-28H,1-10H3;3*2-6H,1H3;;;;/q;;;;;2*-1;2*+1/b2*30-24-,39-29?;;;;;;;. The van der Waals surface area contributed by atoms with Crippen LogP contribution in [0.1, 0.15) is 258 Å². The Morgan fingerprint density at radius 2 is 0.488 bits per heavy atom. The molecule has 18 heteroatoms. The molecule has 0 saturated heterocycles. The van der Waals surface area contributed by atoms with E-state index in [1.54, 1.807) is 0 Å². The van der Waals surface area contributed by atoms with E-state index in [0.717, 1.165) is 46.1 Å². The molecule has 11 rings (SSSR count). The van der Waals surface area contributed by atoms with E-state index in [0.29, 0.717) is 47.3 Å². The van der Waals surface area contributed by atoms with Gasteiger partial charge in [0.05, 0.1) is 58.2 Å². The summed E-state index contributed by atoms with van der Waals surface area (Å²) >= 11 is -1.64. The van der Waals surface area contributed by atoms with E-state index in [1.165, 1.54) is 84.0 Å². The first-order valence-corrected chi connectivity index (χ1v) is 45.3. The molecule has 0 bridgehead atoms. The van der Waals surface area contributed by atoms with Crippen LogP contribution in [-0.2, 0) is 44.8 Å². The molecule has 0 aromatic heterocycles. The summed E-state index contributed by atoms with van der Waals surface area (Å²) in [5.74, 6) is -9.90. The fourth-order valence-corrected chi connectivity index (χ4v) is 16.4. The predicted octanol–water partition coefficient (Wildman–Crippen LogP) is 31.0. The van der Waals surface area contributed by atoms with Gasteiger partial charge in [-0.1, -0.05) is 108 Å². The third-order valence-corrected chi connectivity index (χ3v) is 23.4. The van der Waals surface area contributed by atoms with Gasteiger partial charge in [-0.3, -0.25) is 17.6 Å². The second-order valence-corrected chi connectivity index (χ2v) is 35.8. The summed E-state index contributed by atoms with van der Waals surface area (Å²) in [4.78, 5) is 10.5. The number of nitrogens with zero attached hydrogens (tertiary/aromatic N) is 4. The second-order valence-electron chi connectivity index (χ2n) is 31.9. The molecule has 0 atom stereocenters. The minimum atomic E-state index is -2.17. The quantitative estimate of drug-likeness (QED) is 0.0163. The zero-order valence-corrected chi connectivity index (χ0v) is 83.0. The Morgan fingerprint density at radius 1 is 0.288 bits per heavy atom. The van der Waals surface area contributed by atoms with Crippen LogP contribution in [0, 0.1) is 112 Å². The molecule has 0 fully saturated rings. The molecular weight excluding hydrogens is 1890 g/mol. The van der Waals surface area contributed by atoms with E-state index in [-0.39, 0.29) is 44.8 Å². The van der Waals surface area contributed by atoms with Gasteiger partial charge in [-0.2, -0.15) is 0 Å². The van der Waals surface area contributed by atoms with Gasteiger partial charge in [0.2, 0.25) is 0 Å². The van der Waals surface area contributed by atoms with Crippen LogP contribution in [-0.4, -0.2) is 42.7 Å². The SMILES string of the molecule is CC(/C=C(/C)[N]([Ge][C]#Cc1ccccc1)c1c(C(C)C)cccc1C(C)C)=Nc1c(C(C)C)cccc1C(C)C.CC(/C=C(/C)[N]([Ge][C]#Cc1ccccc1)c1c(C(C)C)cccc1C(C)C)=Nc1c(C(C)C)cccc1C(C)C.Cc1ccccc1.Cc1ccccc1.Cc1ccccc1.Fc1[c-]c(F)c(F)c(F)c1F.Fc1[c-]c(F)c(F)c(F)c1F.[Ag+].[Ag+]. The normalized spacial score (nSPS) is 11.2. The fraction of sp³-hybridized carbons (Fsp3) is 0.290. The summed E-state index contributed by atoms with van der Waals surface area (Å²) in [5.41, 5.74) is 26.2. The molecular formula is C107H116Ag2F10Ge2N4. The molecule has 0 spiro atoms. The Labute approximate surface area is 783 Å². The molecule has 0 aliphatic heterocycles. The molecule has 0 aliphatic carbocycles. The third kappa shape index (κ3) is 35.5. The van der Waals surface area contributed by atoms with Crippen LogP contribution in [0.25, 0.3) is 0 Å². The van der Waals surface area contributed by atoms with Gasteiger partial charge in [-0.15, -0.1) is 12.1 Å². The van der Waals surface area contributed by atoms with Gasteiger partial charge in [0, 0.05) is 0 Å². The second kappa shape index (κ2) is 56.1. The number of benzene rings is 11. The van der Waals surface area contributed by atoms with Crippen LogP contribution in [0.15, 0.2) is 258 Å². The first-order chi connectivity index (χ1) is 58.3. The molecule has 0 N–H and O–H groups in total. The van der Waals surface area contributed by atoms with Gasteiger partial charge in [0.25, 0.3) is 0 Å². The Kier molecular flexibility index (Phi) is 49.4. The number of aryl methyl sites for hydroxylation is 3. The summed E-state index contributed by atoms with van der Waals surface area (Å²) in [6.07, 6.45) is 4.52.